The van der Waals surface area contributed by atoms with Crippen molar-refractivity contribution in [3.63, 3.8) is 0 Å². The molecule has 2 rings (SSSR count). The molecule has 0 heterocycles. The van der Waals surface area contributed by atoms with Crippen LogP contribution < -0.4 is 5.73 Å². The van der Waals surface area contributed by atoms with Crippen LogP contribution in [0.25, 0.3) is 0 Å². The molecule has 0 aliphatic heterocycles. The molecule has 0 amide bonds. The highest BCUT2D eigenvalue weighted by atomic mass is 35.5. The van der Waals surface area contributed by atoms with Crippen molar-refractivity contribution in [1.82, 2.24) is 0 Å². The summed E-state index contributed by atoms with van der Waals surface area (Å²) in [5, 5.41) is 0.743. The zero-order valence-electron chi connectivity index (χ0n) is 12.1. The quantitative estimate of drug-likeness (QED) is 0.595. The highest BCUT2D eigenvalue weighted by Gasteiger charge is 2.05. The fraction of sp³-hybridized carbons (Fsp3) is 0.353. The highest BCUT2D eigenvalue weighted by Crippen LogP contribution is 2.24. The Labute approximate surface area is 126 Å². The van der Waals surface area contributed by atoms with Crippen molar-refractivity contribution in [2.45, 2.75) is 39.5 Å². The zero-order valence-corrected chi connectivity index (χ0v) is 12.9. The summed E-state index contributed by atoms with van der Waals surface area (Å²) in [6, 6.07) is 5.82. The van der Waals surface area contributed by atoms with E-state index in [1.165, 1.54) is 18.4 Å². The molecule has 0 aromatic heterocycles. The summed E-state index contributed by atoms with van der Waals surface area (Å²) in [5.74, 6) is 0. The van der Waals surface area contributed by atoms with Crippen LogP contribution in [-0.4, -0.2) is 5.71 Å². The first-order valence-corrected chi connectivity index (χ1v) is 7.38. The number of hydrogen-bond acceptors (Lipinski definition) is 2. The summed E-state index contributed by atoms with van der Waals surface area (Å²) in [6.07, 6.45) is 8.70. The molecule has 0 bridgehead atoms. The Morgan fingerprint density at radius 2 is 2.20 bits per heavy atom. The maximum atomic E-state index is 6.09. The molecule has 0 radical (unpaired) electrons. The summed E-state index contributed by atoms with van der Waals surface area (Å²) in [4.78, 5) is 4.52. The van der Waals surface area contributed by atoms with Crippen molar-refractivity contribution in [2.75, 3.05) is 0 Å². The molecule has 0 spiro atoms. The fourth-order valence-electron chi connectivity index (χ4n) is 2.11. The first kappa shape index (κ1) is 14.9. The van der Waals surface area contributed by atoms with E-state index in [4.69, 9.17) is 17.3 Å². The van der Waals surface area contributed by atoms with Crippen molar-refractivity contribution in [3.05, 3.63) is 52.2 Å². The Morgan fingerprint density at radius 3 is 2.80 bits per heavy atom. The van der Waals surface area contributed by atoms with Gasteiger partial charge in [0.2, 0.25) is 0 Å². The van der Waals surface area contributed by atoms with Gasteiger partial charge in [0.25, 0.3) is 0 Å². The van der Waals surface area contributed by atoms with Crippen LogP contribution in [0.1, 0.15) is 38.2 Å². The number of hydrogen-bond donors (Lipinski definition) is 1. The fourth-order valence-corrected chi connectivity index (χ4v) is 2.28. The number of halogens is 1. The molecular formula is C17H21ClN2. The van der Waals surface area contributed by atoms with Crippen molar-refractivity contribution in [3.8, 4) is 0 Å². The Kier molecular flexibility index (Phi) is 5.02. The first-order valence-electron chi connectivity index (χ1n) is 7.00. The average Bonchev–Trinajstić information content (AvgIpc) is 2.31. The molecule has 1 aliphatic rings. The van der Waals surface area contributed by atoms with E-state index in [0.29, 0.717) is 0 Å². The Morgan fingerprint density at radius 1 is 1.45 bits per heavy atom. The van der Waals surface area contributed by atoms with E-state index in [1.54, 1.807) is 0 Å². The number of allylic oxidation sites excluding steroid dienone is 4. The van der Waals surface area contributed by atoms with E-state index in [9.17, 15) is 0 Å². The lowest BCUT2D eigenvalue weighted by Crippen LogP contribution is -2.03. The van der Waals surface area contributed by atoms with Crippen LogP contribution >= 0.6 is 11.6 Å². The van der Waals surface area contributed by atoms with Gasteiger partial charge in [0.05, 0.1) is 5.69 Å². The molecule has 1 aliphatic carbocycles. The highest BCUT2D eigenvalue weighted by molar-refractivity contribution is 6.31. The van der Waals surface area contributed by atoms with Gasteiger partial charge in [-0.3, -0.25) is 4.99 Å². The third-order valence-corrected chi connectivity index (χ3v) is 3.90. The lowest BCUT2D eigenvalue weighted by molar-refractivity contribution is 0.769. The van der Waals surface area contributed by atoms with Crippen LogP contribution in [0.2, 0.25) is 5.02 Å². The van der Waals surface area contributed by atoms with Gasteiger partial charge in [-0.05, 0) is 63.3 Å². The smallest absolute Gasteiger partial charge is 0.0647 e. The minimum Gasteiger partial charge on any atom is -0.402 e. The molecule has 2 N–H and O–H groups in total. The maximum absolute atomic E-state index is 6.09. The summed E-state index contributed by atoms with van der Waals surface area (Å²) >= 11 is 6.09. The number of rotatable bonds is 5. The van der Waals surface area contributed by atoms with E-state index in [1.807, 2.05) is 38.1 Å². The Balaban J connectivity index is 1.99. The first-order chi connectivity index (χ1) is 9.54. The minimum atomic E-state index is 0.743. The lowest BCUT2D eigenvalue weighted by atomic mass is 9.94. The normalized spacial score (nSPS) is 15.8. The van der Waals surface area contributed by atoms with Gasteiger partial charge in [-0.1, -0.05) is 29.3 Å². The van der Waals surface area contributed by atoms with E-state index in [-0.39, 0.29) is 0 Å². The molecule has 3 heteroatoms. The van der Waals surface area contributed by atoms with Gasteiger partial charge in [0.1, 0.15) is 0 Å². The molecule has 0 unspecified atom stereocenters. The third kappa shape index (κ3) is 4.24. The maximum Gasteiger partial charge on any atom is 0.0647 e. The predicted octanol–water partition coefficient (Wildman–Crippen LogP) is 5.08. The van der Waals surface area contributed by atoms with Crippen LogP contribution in [0, 0.1) is 6.92 Å². The van der Waals surface area contributed by atoms with Crippen LogP contribution in [0.5, 0.6) is 0 Å². The molecule has 0 saturated carbocycles. The Hall–Kier alpha value is -1.54. The lowest BCUT2D eigenvalue weighted by Gasteiger charge is -2.13. The average molecular weight is 289 g/mol. The second-order valence-corrected chi connectivity index (χ2v) is 5.71. The summed E-state index contributed by atoms with van der Waals surface area (Å²) < 4.78 is 0. The standard InChI is InChI=1S/C17H21ClN2/c1-12-6-9-16(11-17(12)18)20-13(2)10-15(19)8-7-14-4-3-5-14/h4,6,9-11H,3,5,7-8,19H2,1-2H3. The summed E-state index contributed by atoms with van der Waals surface area (Å²) in [7, 11) is 0. The summed E-state index contributed by atoms with van der Waals surface area (Å²) in [6.45, 7) is 3.94. The molecule has 20 heavy (non-hydrogen) atoms. The van der Waals surface area contributed by atoms with Gasteiger partial charge >= 0.3 is 0 Å². The second-order valence-electron chi connectivity index (χ2n) is 5.31. The van der Waals surface area contributed by atoms with Crippen LogP contribution in [-0.2, 0) is 0 Å². The molecular weight excluding hydrogens is 268 g/mol. The van der Waals surface area contributed by atoms with Crippen LogP contribution in [0.4, 0.5) is 5.69 Å². The molecule has 106 valence electrons. The topological polar surface area (TPSA) is 38.4 Å². The van der Waals surface area contributed by atoms with Crippen molar-refractivity contribution in [1.29, 1.82) is 0 Å². The van der Waals surface area contributed by atoms with Crippen molar-refractivity contribution < 1.29 is 0 Å². The summed E-state index contributed by atoms with van der Waals surface area (Å²) in [5.41, 5.74) is 11.3. The van der Waals surface area contributed by atoms with Crippen molar-refractivity contribution >= 4 is 23.0 Å². The van der Waals surface area contributed by atoms with Gasteiger partial charge in [0.15, 0.2) is 0 Å². The second kappa shape index (κ2) is 6.76. The number of aliphatic imine (C=N–C) groups is 1. The number of nitrogens with zero attached hydrogens (tertiary/aromatic N) is 1. The zero-order chi connectivity index (χ0) is 14.5. The van der Waals surface area contributed by atoms with Gasteiger partial charge in [-0.2, -0.15) is 0 Å². The van der Waals surface area contributed by atoms with E-state index >= 15 is 0 Å². The number of benzene rings is 1. The molecule has 1 aromatic carbocycles. The number of nitrogens with two attached hydrogens (primary N) is 1. The molecule has 2 nitrogen and oxygen atoms in total. The predicted molar refractivity (Wildman–Crippen MR) is 87.8 cm³/mol. The molecule has 0 fully saturated rings. The molecule has 0 atom stereocenters. The van der Waals surface area contributed by atoms with Gasteiger partial charge in [-0.25, -0.2) is 0 Å². The van der Waals surface area contributed by atoms with Gasteiger partial charge < -0.3 is 5.73 Å². The van der Waals surface area contributed by atoms with Gasteiger partial charge in [-0.15, -0.1) is 0 Å². The third-order valence-electron chi connectivity index (χ3n) is 3.49. The van der Waals surface area contributed by atoms with E-state index in [0.717, 1.165) is 40.5 Å². The van der Waals surface area contributed by atoms with Crippen LogP contribution in [0.15, 0.2) is 46.6 Å². The minimum absolute atomic E-state index is 0.743. The van der Waals surface area contributed by atoms with Gasteiger partial charge in [0, 0.05) is 16.4 Å². The van der Waals surface area contributed by atoms with E-state index < -0.39 is 0 Å². The molecule has 0 saturated heterocycles. The Bertz CT molecular complexity index is 583. The van der Waals surface area contributed by atoms with Crippen LogP contribution in [0.3, 0.4) is 0 Å². The molecule has 1 aromatic rings. The largest absolute Gasteiger partial charge is 0.402 e. The number of aryl methyl sites for hydroxylation is 1. The van der Waals surface area contributed by atoms with Crippen molar-refractivity contribution in [2.24, 2.45) is 10.7 Å². The van der Waals surface area contributed by atoms with E-state index in [2.05, 4.69) is 11.1 Å². The SMILES string of the molecule is CC(C=C(N)CCC1=CCC1)=Nc1ccc(C)c(Cl)c1. The monoisotopic (exact) mass is 288 g/mol.